The number of ketones is 1. The van der Waals surface area contributed by atoms with E-state index in [1.54, 1.807) is 11.8 Å². The van der Waals surface area contributed by atoms with Crippen LogP contribution in [0.4, 0.5) is 21.2 Å². The van der Waals surface area contributed by atoms with Crippen LogP contribution in [-0.4, -0.2) is 130 Å². The van der Waals surface area contributed by atoms with E-state index in [1.807, 2.05) is 39.0 Å². The van der Waals surface area contributed by atoms with Crippen molar-refractivity contribution in [1.82, 2.24) is 29.6 Å². The van der Waals surface area contributed by atoms with Gasteiger partial charge in [0.05, 0.1) is 31.7 Å². The molecule has 16 nitrogen and oxygen atoms in total. The van der Waals surface area contributed by atoms with Gasteiger partial charge >= 0.3 is 47.6 Å². The fraction of sp³-hybridized carbons (Fsp3) is 0.509. The first kappa shape index (κ1) is 52.4. The second kappa shape index (κ2) is 24.6. The number of nitrogens with one attached hydrogen (secondary N) is 2. The van der Waals surface area contributed by atoms with Crippen LogP contribution >= 0.6 is 0 Å². The molecule has 0 saturated carbocycles. The van der Waals surface area contributed by atoms with Gasteiger partial charge in [0.1, 0.15) is 28.9 Å². The molecule has 4 N–H and O–H groups in total. The number of pyridine rings is 2. The van der Waals surface area contributed by atoms with Crippen molar-refractivity contribution in [3.05, 3.63) is 105 Å². The number of aryl methyl sites for hydroxylation is 4. The summed E-state index contributed by atoms with van der Waals surface area (Å²) >= 11 is 0. The quantitative estimate of drug-likeness (QED) is 0.132. The Bertz CT molecular complexity index is 2320. The molecular formula is C53H67N8NaO8. The molecule has 2 saturated heterocycles. The Morgan fingerprint density at radius 1 is 0.629 bits per heavy atom. The van der Waals surface area contributed by atoms with E-state index in [2.05, 4.69) is 47.0 Å². The number of nitrogens with zero attached hydrogens (tertiary/aromatic N) is 6. The number of carbonyl (C=O) groups excluding carboxylic acids is 3. The summed E-state index contributed by atoms with van der Waals surface area (Å²) in [6.45, 7) is 8.91. The molecule has 10 rings (SSSR count). The summed E-state index contributed by atoms with van der Waals surface area (Å²) in [5.74, 6) is 2.89. The van der Waals surface area contributed by atoms with E-state index in [-0.39, 0.29) is 65.3 Å². The summed E-state index contributed by atoms with van der Waals surface area (Å²) in [4.78, 5) is 67.6. The van der Waals surface area contributed by atoms with Crippen molar-refractivity contribution < 1.29 is 68.8 Å². The van der Waals surface area contributed by atoms with Crippen molar-refractivity contribution in [3.8, 4) is 11.5 Å². The number of aliphatic carboxylic acids is 1. The van der Waals surface area contributed by atoms with E-state index in [0.717, 1.165) is 148 Å². The molecule has 6 aliphatic heterocycles. The summed E-state index contributed by atoms with van der Waals surface area (Å²) in [6, 6.07) is 19.8. The number of carboxylic acid groups (broad SMARTS) is 1. The molecule has 2 aromatic heterocycles. The maximum atomic E-state index is 13.5. The molecule has 4 aromatic rings. The summed E-state index contributed by atoms with van der Waals surface area (Å²) in [5.41, 5.74) is 8.82. The summed E-state index contributed by atoms with van der Waals surface area (Å²) < 4.78 is 11.4. The van der Waals surface area contributed by atoms with Crippen LogP contribution in [0.25, 0.3) is 0 Å². The number of urea groups is 2. The van der Waals surface area contributed by atoms with Crippen molar-refractivity contribution >= 4 is 35.5 Å². The van der Waals surface area contributed by atoms with Crippen LogP contribution in [0.2, 0.25) is 0 Å². The molecule has 0 aliphatic carbocycles. The molecule has 70 heavy (non-hydrogen) atoms. The van der Waals surface area contributed by atoms with E-state index in [9.17, 15) is 24.3 Å². The van der Waals surface area contributed by atoms with E-state index in [4.69, 9.17) is 19.4 Å². The smallest absolute Gasteiger partial charge is 0.870 e. The Labute approximate surface area is 433 Å². The van der Waals surface area contributed by atoms with Crippen LogP contribution in [0, 0.1) is 0 Å². The average Bonchev–Trinajstić information content (AvgIpc) is 4.03. The second-order valence-electron chi connectivity index (χ2n) is 19.0. The number of carbonyl (C=O) groups is 4. The number of carboxylic acids is 1. The second-order valence-corrected chi connectivity index (χ2v) is 19.0. The number of ether oxygens (including phenoxy) is 2. The van der Waals surface area contributed by atoms with Crippen LogP contribution < -0.4 is 49.7 Å². The Hall–Kier alpha value is -5.42. The third-order valence-corrected chi connectivity index (χ3v) is 14.1. The third kappa shape index (κ3) is 12.7. The molecule has 6 aliphatic rings. The van der Waals surface area contributed by atoms with Crippen molar-refractivity contribution in [2.75, 3.05) is 76.2 Å². The van der Waals surface area contributed by atoms with Crippen LogP contribution in [0.3, 0.4) is 0 Å². The number of benzene rings is 2. The topological polar surface area (TPSA) is 200 Å². The number of hydrogen-bond acceptors (Lipinski definition) is 11. The zero-order valence-corrected chi connectivity index (χ0v) is 42.9. The van der Waals surface area contributed by atoms with Crippen molar-refractivity contribution in [3.63, 3.8) is 0 Å². The van der Waals surface area contributed by atoms with E-state index in [1.165, 1.54) is 16.7 Å². The van der Waals surface area contributed by atoms with Gasteiger partial charge in [0, 0.05) is 83.0 Å². The predicted octanol–water partition coefficient (Wildman–Crippen LogP) is 4.63. The van der Waals surface area contributed by atoms with Gasteiger partial charge in [-0.3, -0.25) is 9.59 Å². The first-order valence-electron chi connectivity index (χ1n) is 25.0. The van der Waals surface area contributed by atoms with Gasteiger partial charge < -0.3 is 50.3 Å². The Kier molecular flexibility index (Phi) is 18.4. The van der Waals surface area contributed by atoms with Crippen LogP contribution in [0.5, 0.6) is 11.5 Å². The van der Waals surface area contributed by atoms with E-state index in [0.29, 0.717) is 52.4 Å². The number of aromatic nitrogens is 2. The summed E-state index contributed by atoms with van der Waals surface area (Å²) in [6.07, 6.45) is 11.5. The maximum absolute atomic E-state index is 13.5. The van der Waals surface area contributed by atoms with Gasteiger partial charge in [-0.1, -0.05) is 36.4 Å². The van der Waals surface area contributed by atoms with Crippen molar-refractivity contribution in [2.45, 2.75) is 109 Å². The van der Waals surface area contributed by atoms with Crippen molar-refractivity contribution in [1.29, 1.82) is 0 Å². The minimum atomic E-state index is -0.913. The Morgan fingerprint density at radius 2 is 1.09 bits per heavy atom. The molecule has 4 amide bonds. The van der Waals surface area contributed by atoms with Crippen LogP contribution in [0.15, 0.2) is 60.7 Å². The number of anilines is 2. The fourth-order valence-electron chi connectivity index (χ4n) is 10.6. The van der Waals surface area contributed by atoms with E-state index < -0.39 is 12.0 Å². The zero-order valence-electron chi connectivity index (χ0n) is 40.9. The Morgan fingerprint density at radius 3 is 1.54 bits per heavy atom. The van der Waals surface area contributed by atoms with Gasteiger partial charge in [0.25, 0.3) is 0 Å². The van der Waals surface area contributed by atoms with Gasteiger partial charge in [0.15, 0.2) is 0 Å². The molecular weight excluding hydrogens is 900 g/mol. The first-order valence-corrected chi connectivity index (χ1v) is 25.0. The molecule has 17 heteroatoms. The van der Waals surface area contributed by atoms with Gasteiger partial charge in [-0.15, -0.1) is 0 Å². The minimum Gasteiger partial charge on any atom is -0.870 e. The van der Waals surface area contributed by atoms with Crippen molar-refractivity contribution in [2.24, 2.45) is 0 Å². The van der Waals surface area contributed by atoms with Crippen LogP contribution in [-0.2, 0) is 48.1 Å². The Balaban J connectivity index is 0.000000201. The molecule has 0 spiro atoms. The van der Waals surface area contributed by atoms with Crippen LogP contribution in [0.1, 0.15) is 115 Å². The van der Waals surface area contributed by atoms with Gasteiger partial charge in [0.2, 0.25) is 0 Å². The number of rotatable bonds is 16. The first-order chi connectivity index (χ1) is 33.2. The normalized spacial score (nSPS) is 17.6. The van der Waals surface area contributed by atoms with Gasteiger partial charge in [-0.05, 0) is 129 Å². The summed E-state index contributed by atoms with van der Waals surface area (Å²) in [5, 5.41) is 16.3. The zero-order chi connectivity index (χ0) is 47.0. The molecule has 2 aromatic carbocycles. The molecule has 0 unspecified atom stereocenters. The number of fused-ring (bicyclic) bond motifs is 4. The average molecular weight is 967 g/mol. The molecule has 2 atom stereocenters. The monoisotopic (exact) mass is 966 g/mol. The number of hydrogen-bond donors (Lipinski definition) is 3. The number of Topliss-reactive ketones (excluding diaryl/α,β-unsaturated/α-hetero) is 1. The van der Waals surface area contributed by atoms with Gasteiger partial charge in [-0.25, -0.2) is 19.6 Å². The van der Waals surface area contributed by atoms with Gasteiger partial charge in [-0.2, -0.15) is 0 Å². The molecule has 2 fully saturated rings. The largest absolute Gasteiger partial charge is 1.00 e. The third-order valence-electron chi connectivity index (χ3n) is 14.1. The molecule has 0 bridgehead atoms. The standard InChI is InChI=1S/C27H34N4O3.C26H32N4O4.Na.H2O/c1-19(32)17-24(22-8-7-20-11-16-34-25(20)18-22)31-15-4-14-30(27(31)33)13-3-6-23-10-9-21-5-2-12-28-26(21)29-23;31-24(32)17-22(20-7-6-18-10-15-34-23(18)16-20)30-14-3-13-29(26(30)33)12-2-5-21-9-8-19-4-1-11-27-25(19)28-21;;/h7-10,18,24H,2-6,11-17H2,1H3,(H,28,29);6-9,16,22H,1-5,10-15,17H2,(H,27,28)(H,31,32);;1H2/q;;+1;/p-1/t24-;22-;;/m00../s1. The maximum Gasteiger partial charge on any atom is 1.00 e. The molecule has 368 valence electrons. The SMILES string of the molecule is CC(=O)C[C@@H](c1ccc2c(c1)OCC2)N1CCCN(CCCc2ccc3c(n2)NCCC3)C1=O.O=C(O)C[C@@H](c1ccc2c(c1)OCC2)N1CCCN(CCCc2ccc3c(n2)NCCC3)C1=O.[Na+].[OH-]. The van der Waals surface area contributed by atoms with E-state index >= 15 is 0 Å². The predicted molar refractivity (Wildman–Crippen MR) is 262 cm³/mol. The minimum absolute atomic E-state index is 0. The molecule has 0 radical (unpaired) electrons. The molecule has 8 heterocycles. The fourth-order valence-corrected chi connectivity index (χ4v) is 10.6. The summed E-state index contributed by atoms with van der Waals surface area (Å²) in [7, 11) is 0. The number of amides is 4.